The van der Waals surface area contributed by atoms with Crippen LogP contribution in [0.5, 0.6) is 0 Å². The van der Waals surface area contributed by atoms with E-state index >= 15 is 0 Å². The van der Waals surface area contributed by atoms with E-state index in [1.807, 2.05) is 36.7 Å². The summed E-state index contributed by atoms with van der Waals surface area (Å²) in [6, 6.07) is 16.2. The van der Waals surface area contributed by atoms with Gasteiger partial charge in [-0.3, -0.25) is 14.3 Å². The molecule has 1 heterocycles. The Balaban J connectivity index is 1.72. The monoisotopic (exact) mass is 389 g/mol. The number of hydrogen-bond acceptors (Lipinski definition) is 3. The van der Waals surface area contributed by atoms with Crippen LogP contribution >= 0.6 is 0 Å². The minimum absolute atomic E-state index is 0.0663. The van der Waals surface area contributed by atoms with Gasteiger partial charge in [0.15, 0.2) is 5.78 Å². The number of ketones is 1. The number of aromatic nitrogens is 2. The molecule has 2 aromatic carbocycles. The van der Waals surface area contributed by atoms with E-state index in [9.17, 15) is 9.59 Å². The van der Waals surface area contributed by atoms with Gasteiger partial charge in [0.2, 0.25) is 5.91 Å². The van der Waals surface area contributed by atoms with Crippen LogP contribution in [0.2, 0.25) is 0 Å². The van der Waals surface area contributed by atoms with Crippen molar-refractivity contribution in [2.24, 2.45) is 5.92 Å². The molecule has 0 radical (unpaired) electrons. The number of nitrogens with one attached hydrogen (secondary N) is 1. The van der Waals surface area contributed by atoms with Crippen LogP contribution in [0, 0.1) is 19.8 Å². The lowest BCUT2D eigenvalue weighted by molar-refractivity contribution is -0.115. The number of benzene rings is 2. The summed E-state index contributed by atoms with van der Waals surface area (Å²) >= 11 is 0. The zero-order valence-corrected chi connectivity index (χ0v) is 17.4. The first-order chi connectivity index (χ1) is 13.8. The Morgan fingerprint density at radius 3 is 2.38 bits per heavy atom. The standard InChI is InChI=1S/C24H27N3O2/c1-16(2)15-27-18(4)22(17(3)26-27)14-23(28)25-21-12-8-11-20(13-21)24(29)19-9-6-5-7-10-19/h5-13,16H,14-15H2,1-4H3,(H,25,28). The molecular formula is C24H27N3O2. The second-order valence-corrected chi connectivity index (χ2v) is 7.73. The normalized spacial score (nSPS) is 10.9. The first-order valence-corrected chi connectivity index (χ1v) is 9.87. The van der Waals surface area contributed by atoms with Crippen LogP contribution < -0.4 is 5.32 Å². The van der Waals surface area contributed by atoms with Crippen LogP contribution in [-0.2, 0) is 17.8 Å². The van der Waals surface area contributed by atoms with Gasteiger partial charge in [0, 0.05) is 34.6 Å². The van der Waals surface area contributed by atoms with Gasteiger partial charge in [0.05, 0.1) is 12.1 Å². The quantitative estimate of drug-likeness (QED) is 0.602. The Morgan fingerprint density at radius 2 is 1.69 bits per heavy atom. The number of anilines is 1. The lowest BCUT2D eigenvalue weighted by Crippen LogP contribution is -2.16. The zero-order chi connectivity index (χ0) is 21.0. The molecule has 3 rings (SSSR count). The lowest BCUT2D eigenvalue weighted by atomic mass is 10.0. The van der Waals surface area contributed by atoms with Gasteiger partial charge in [-0.25, -0.2) is 0 Å². The third kappa shape index (κ3) is 4.99. The number of rotatable bonds is 7. The summed E-state index contributed by atoms with van der Waals surface area (Å²) in [6.45, 7) is 9.06. The summed E-state index contributed by atoms with van der Waals surface area (Å²) in [4.78, 5) is 25.3. The van der Waals surface area contributed by atoms with E-state index in [2.05, 4.69) is 24.3 Å². The maximum atomic E-state index is 12.6. The van der Waals surface area contributed by atoms with Crippen molar-refractivity contribution >= 4 is 17.4 Å². The number of carbonyl (C=O) groups is 2. The topological polar surface area (TPSA) is 64.0 Å². The fourth-order valence-electron chi connectivity index (χ4n) is 3.37. The lowest BCUT2D eigenvalue weighted by Gasteiger charge is -2.09. The Bertz CT molecular complexity index is 1020. The first kappa shape index (κ1) is 20.5. The van der Waals surface area contributed by atoms with Crippen molar-refractivity contribution in [3.63, 3.8) is 0 Å². The summed E-state index contributed by atoms with van der Waals surface area (Å²) in [5.74, 6) is 0.299. The molecule has 0 aliphatic heterocycles. The average Bonchev–Trinajstić information content (AvgIpc) is 2.95. The van der Waals surface area contributed by atoms with E-state index in [0.29, 0.717) is 22.7 Å². The van der Waals surface area contributed by atoms with Crippen molar-refractivity contribution in [2.75, 3.05) is 5.32 Å². The molecule has 1 amide bonds. The van der Waals surface area contributed by atoms with Crippen molar-refractivity contribution in [1.82, 2.24) is 9.78 Å². The molecule has 0 unspecified atom stereocenters. The number of amides is 1. The Hall–Kier alpha value is -3.21. The Kier molecular flexibility index (Phi) is 6.27. The fourth-order valence-corrected chi connectivity index (χ4v) is 3.37. The van der Waals surface area contributed by atoms with E-state index in [1.165, 1.54) is 0 Å². The summed E-state index contributed by atoms with van der Waals surface area (Å²) in [6.07, 6.45) is 0.257. The van der Waals surface area contributed by atoms with Crippen LogP contribution in [0.15, 0.2) is 54.6 Å². The average molecular weight is 389 g/mol. The van der Waals surface area contributed by atoms with Crippen LogP contribution in [0.1, 0.15) is 46.7 Å². The van der Waals surface area contributed by atoms with Crippen molar-refractivity contribution in [3.8, 4) is 0 Å². The van der Waals surface area contributed by atoms with Gasteiger partial charge in [-0.15, -0.1) is 0 Å². The van der Waals surface area contributed by atoms with Gasteiger partial charge in [0.25, 0.3) is 0 Å². The van der Waals surface area contributed by atoms with Crippen LogP contribution in [0.25, 0.3) is 0 Å². The maximum absolute atomic E-state index is 12.6. The van der Waals surface area contributed by atoms with E-state index in [1.54, 1.807) is 36.4 Å². The molecule has 1 aromatic heterocycles. The van der Waals surface area contributed by atoms with Gasteiger partial charge in [0.1, 0.15) is 0 Å². The van der Waals surface area contributed by atoms with Crippen LogP contribution in [0.3, 0.4) is 0 Å². The van der Waals surface area contributed by atoms with E-state index in [4.69, 9.17) is 0 Å². The second-order valence-electron chi connectivity index (χ2n) is 7.73. The molecule has 0 aliphatic carbocycles. The molecule has 0 bridgehead atoms. The second kappa shape index (κ2) is 8.86. The largest absolute Gasteiger partial charge is 0.326 e. The molecule has 5 heteroatoms. The first-order valence-electron chi connectivity index (χ1n) is 9.87. The molecule has 0 saturated heterocycles. The Labute approximate surface area is 171 Å². The van der Waals surface area contributed by atoms with Gasteiger partial charge >= 0.3 is 0 Å². The van der Waals surface area contributed by atoms with E-state index < -0.39 is 0 Å². The van der Waals surface area contributed by atoms with Gasteiger partial charge in [-0.2, -0.15) is 5.10 Å². The predicted octanol–water partition coefficient (Wildman–Crippen LogP) is 4.57. The summed E-state index contributed by atoms with van der Waals surface area (Å²) in [5, 5.41) is 7.49. The third-order valence-corrected chi connectivity index (χ3v) is 4.85. The van der Waals surface area contributed by atoms with Crippen molar-refractivity contribution in [3.05, 3.63) is 82.7 Å². The fraction of sp³-hybridized carbons (Fsp3) is 0.292. The number of nitrogens with zero attached hydrogens (tertiary/aromatic N) is 2. The minimum Gasteiger partial charge on any atom is -0.326 e. The van der Waals surface area contributed by atoms with Gasteiger partial charge in [-0.1, -0.05) is 56.3 Å². The summed E-state index contributed by atoms with van der Waals surface area (Å²) in [5.41, 5.74) is 4.65. The molecule has 0 fully saturated rings. The van der Waals surface area contributed by atoms with Crippen molar-refractivity contribution in [2.45, 2.75) is 40.7 Å². The highest BCUT2D eigenvalue weighted by atomic mass is 16.1. The third-order valence-electron chi connectivity index (χ3n) is 4.85. The Morgan fingerprint density at radius 1 is 1.00 bits per heavy atom. The molecule has 3 aromatic rings. The molecule has 0 saturated carbocycles. The maximum Gasteiger partial charge on any atom is 0.228 e. The van der Waals surface area contributed by atoms with Crippen LogP contribution in [-0.4, -0.2) is 21.5 Å². The predicted molar refractivity (Wildman–Crippen MR) is 115 cm³/mol. The smallest absolute Gasteiger partial charge is 0.228 e. The summed E-state index contributed by atoms with van der Waals surface area (Å²) < 4.78 is 1.97. The molecule has 1 N–H and O–H groups in total. The van der Waals surface area contributed by atoms with Gasteiger partial charge in [-0.05, 0) is 31.9 Å². The van der Waals surface area contributed by atoms with E-state index in [-0.39, 0.29) is 18.1 Å². The van der Waals surface area contributed by atoms with Crippen molar-refractivity contribution in [1.29, 1.82) is 0 Å². The highest BCUT2D eigenvalue weighted by Crippen LogP contribution is 2.18. The highest BCUT2D eigenvalue weighted by Gasteiger charge is 2.16. The zero-order valence-electron chi connectivity index (χ0n) is 17.4. The minimum atomic E-state index is -0.121. The molecule has 0 aliphatic rings. The highest BCUT2D eigenvalue weighted by molar-refractivity contribution is 6.09. The molecule has 0 spiro atoms. The molecule has 0 atom stereocenters. The molecule has 150 valence electrons. The van der Waals surface area contributed by atoms with Crippen LogP contribution in [0.4, 0.5) is 5.69 Å². The number of aryl methyl sites for hydroxylation is 1. The number of hydrogen-bond donors (Lipinski definition) is 1. The number of carbonyl (C=O) groups excluding carboxylic acids is 2. The van der Waals surface area contributed by atoms with E-state index in [0.717, 1.165) is 23.5 Å². The summed E-state index contributed by atoms with van der Waals surface area (Å²) in [7, 11) is 0. The molecular weight excluding hydrogens is 362 g/mol. The van der Waals surface area contributed by atoms with Crippen molar-refractivity contribution < 1.29 is 9.59 Å². The molecule has 29 heavy (non-hydrogen) atoms. The SMILES string of the molecule is Cc1nn(CC(C)C)c(C)c1CC(=O)Nc1cccc(C(=O)c2ccccc2)c1. The van der Waals surface area contributed by atoms with Gasteiger partial charge < -0.3 is 5.32 Å². The molecule has 5 nitrogen and oxygen atoms in total.